The summed E-state index contributed by atoms with van der Waals surface area (Å²) in [5.74, 6) is 3.05. The molecular weight excluding hydrogens is 350 g/mol. The normalized spacial score (nSPS) is 17.0. The van der Waals surface area contributed by atoms with Crippen molar-refractivity contribution in [2.24, 2.45) is 5.92 Å². The van der Waals surface area contributed by atoms with Crippen LogP contribution in [0.4, 0.5) is 0 Å². The van der Waals surface area contributed by atoms with Crippen molar-refractivity contribution in [1.82, 2.24) is 4.58 Å². The monoisotopic (exact) mass is 378 g/mol. The van der Waals surface area contributed by atoms with Crippen molar-refractivity contribution in [3.05, 3.63) is 53.4 Å². The molecule has 0 unspecified atom stereocenters. The zero-order valence-electron chi connectivity index (χ0n) is 17.1. The summed E-state index contributed by atoms with van der Waals surface area (Å²) in [6.07, 6.45) is 2.45. The summed E-state index contributed by atoms with van der Waals surface area (Å²) in [5, 5.41) is 2.43. The second kappa shape index (κ2) is 7.70. The quantitative estimate of drug-likeness (QED) is 0.624. The lowest BCUT2D eigenvalue weighted by atomic mass is 10.00. The van der Waals surface area contributed by atoms with Gasteiger partial charge in [0.05, 0.1) is 25.7 Å². The highest BCUT2D eigenvalue weighted by Crippen LogP contribution is 2.32. The Morgan fingerprint density at radius 3 is 2.39 bits per heavy atom. The summed E-state index contributed by atoms with van der Waals surface area (Å²) in [6.45, 7) is 6.64. The van der Waals surface area contributed by atoms with Crippen LogP contribution < -0.4 is 19.4 Å². The van der Waals surface area contributed by atoms with Crippen molar-refractivity contribution < 1.29 is 13.9 Å². The van der Waals surface area contributed by atoms with Crippen LogP contribution in [-0.2, 0) is 0 Å². The van der Waals surface area contributed by atoms with Gasteiger partial charge in [-0.15, -0.1) is 0 Å². The van der Waals surface area contributed by atoms with E-state index in [1.165, 1.54) is 29.1 Å². The van der Waals surface area contributed by atoms with Crippen LogP contribution >= 0.6 is 0 Å². The second-order valence-electron chi connectivity index (χ2n) is 7.73. The van der Waals surface area contributed by atoms with E-state index in [0.29, 0.717) is 11.5 Å². The fourth-order valence-corrected chi connectivity index (χ4v) is 3.93. The highest BCUT2D eigenvalue weighted by atomic mass is 16.5. The van der Waals surface area contributed by atoms with E-state index in [-0.39, 0.29) is 0 Å². The number of nitrogens with zero attached hydrogens (tertiary/aromatic N) is 1. The Balaban J connectivity index is 1.94. The van der Waals surface area contributed by atoms with E-state index in [4.69, 9.17) is 13.9 Å². The fourth-order valence-electron chi connectivity index (χ4n) is 3.93. The topological polar surface area (TPSA) is 34.6 Å². The van der Waals surface area contributed by atoms with Crippen molar-refractivity contribution in [2.45, 2.75) is 26.7 Å². The zero-order chi connectivity index (χ0) is 19.7. The van der Waals surface area contributed by atoms with Gasteiger partial charge in [-0.2, -0.15) is 0 Å². The summed E-state index contributed by atoms with van der Waals surface area (Å²) in [4.78, 5) is 0. The summed E-state index contributed by atoms with van der Waals surface area (Å²) in [5.41, 5.74) is 3.13. The van der Waals surface area contributed by atoms with Gasteiger partial charge >= 0.3 is 0 Å². The number of hydrogen-bond acceptors (Lipinski definition) is 3. The van der Waals surface area contributed by atoms with Gasteiger partial charge in [0.2, 0.25) is 5.36 Å². The highest BCUT2D eigenvalue weighted by molar-refractivity contribution is 5.79. The van der Waals surface area contributed by atoms with E-state index in [2.05, 4.69) is 42.7 Å². The molecule has 1 aromatic heterocycles. The number of benzene rings is 2. The number of piperidine rings is 1. The molecule has 4 heteroatoms. The van der Waals surface area contributed by atoms with E-state index in [1.807, 2.05) is 18.2 Å². The zero-order valence-corrected chi connectivity index (χ0v) is 17.1. The largest absolute Gasteiger partial charge is 0.493 e. The van der Waals surface area contributed by atoms with E-state index in [0.717, 1.165) is 35.9 Å². The molecular formula is C24H28NO3+. The number of aryl methyl sites for hydroxylation is 1. The van der Waals surface area contributed by atoms with Crippen LogP contribution in [0.1, 0.15) is 25.3 Å². The van der Waals surface area contributed by atoms with Crippen LogP contribution in [-0.4, -0.2) is 27.3 Å². The minimum atomic E-state index is 0.701. The van der Waals surface area contributed by atoms with Crippen LogP contribution in [0.2, 0.25) is 0 Å². The van der Waals surface area contributed by atoms with Gasteiger partial charge in [-0.25, -0.2) is 4.58 Å². The molecule has 4 nitrogen and oxygen atoms in total. The fraction of sp³-hybridized carbons (Fsp3) is 0.375. The number of fused-ring (bicyclic) bond motifs is 1. The predicted octanol–water partition coefficient (Wildman–Crippen LogP) is 4.63. The molecule has 0 radical (unpaired) electrons. The van der Waals surface area contributed by atoms with E-state index >= 15 is 0 Å². The molecule has 3 aromatic rings. The van der Waals surface area contributed by atoms with Crippen molar-refractivity contribution >= 4 is 11.0 Å². The predicted molar refractivity (Wildman–Crippen MR) is 113 cm³/mol. The Morgan fingerprint density at radius 1 is 0.929 bits per heavy atom. The first kappa shape index (κ1) is 18.6. The summed E-state index contributed by atoms with van der Waals surface area (Å²) < 4.78 is 19.7. The number of ether oxygens (including phenoxy) is 2. The van der Waals surface area contributed by atoms with Gasteiger partial charge in [0.1, 0.15) is 24.4 Å². The molecule has 0 amide bonds. The molecule has 1 fully saturated rings. The average Bonchev–Trinajstić information content (AvgIpc) is 2.73. The first-order valence-corrected chi connectivity index (χ1v) is 9.94. The summed E-state index contributed by atoms with van der Waals surface area (Å²) in [7, 11) is 3.30. The lowest BCUT2D eigenvalue weighted by Gasteiger charge is -2.17. The van der Waals surface area contributed by atoms with E-state index in [9.17, 15) is 0 Å². The minimum Gasteiger partial charge on any atom is -0.493 e. The van der Waals surface area contributed by atoms with Gasteiger partial charge in [0, 0.05) is 18.4 Å². The maximum absolute atomic E-state index is 6.31. The van der Waals surface area contributed by atoms with Crippen LogP contribution in [0.5, 0.6) is 11.5 Å². The van der Waals surface area contributed by atoms with Crippen molar-refractivity contribution in [2.75, 3.05) is 27.3 Å². The van der Waals surface area contributed by atoms with E-state index < -0.39 is 0 Å². The lowest BCUT2D eigenvalue weighted by molar-refractivity contribution is 0.355. The Morgan fingerprint density at radius 2 is 1.68 bits per heavy atom. The standard InChI is InChI=1S/C24H28NO3/c1-16-9-11-25(12-10-16)20-15-23(28-21-7-5-17(2)13-19(20)21)18-6-8-22(26-3)24(14-18)27-4/h5-8,13-16H,9-12H2,1-4H3/q+1. The summed E-state index contributed by atoms with van der Waals surface area (Å²) in [6, 6.07) is 14.5. The van der Waals surface area contributed by atoms with Gasteiger partial charge in [0.15, 0.2) is 11.5 Å². The smallest absolute Gasteiger partial charge is 0.214 e. The van der Waals surface area contributed by atoms with Crippen molar-refractivity contribution in [3.8, 4) is 22.8 Å². The molecule has 0 bridgehead atoms. The second-order valence-corrected chi connectivity index (χ2v) is 7.73. The molecule has 28 heavy (non-hydrogen) atoms. The van der Waals surface area contributed by atoms with Gasteiger partial charge in [-0.1, -0.05) is 18.6 Å². The molecule has 0 N–H and O–H groups in total. The summed E-state index contributed by atoms with van der Waals surface area (Å²) >= 11 is 0. The molecule has 1 aliphatic rings. The van der Waals surface area contributed by atoms with Crippen molar-refractivity contribution in [1.29, 1.82) is 0 Å². The van der Waals surface area contributed by atoms with Gasteiger partial charge in [-0.3, -0.25) is 0 Å². The first-order valence-electron chi connectivity index (χ1n) is 9.94. The molecule has 0 spiro atoms. The Labute approximate surface area is 166 Å². The molecule has 1 saturated heterocycles. The van der Waals surface area contributed by atoms with Crippen LogP contribution in [0.3, 0.4) is 0 Å². The third-order valence-electron chi connectivity index (χ3n) is 5.69. The first-order chi connectivity index (χ1) is 13.6. The molecule has 146 valence electrons. The van der Waals surface area contributed by atoms with Gasteiger partial charge in [0.25, 0.3) is 0 Å². The number of rotatable bonds is 3. The third kappa shape index (κ3) is 3.51. The molecule has 1 aliphatic heterocycles. The molecule has 0 aliphatic carbocycles. The molecule has 0 saturated carbocycles. The molecule has 2 aromatic carbocycles. The number of methoxy groups -OCH3 is 2. The third-order valence-corrected chi connectivity index (χ3v) is 5.69. The Hall–Kier alpha value is -2.75. The molecule has 4 rings (SSSR count). The average molecular weight is 378 g/mol. The molecule has 2 heterocycles. The minimum absolute atomic E-state index is 0.701. The SMILES string of the molecule is COc1ccc(-c2cc(=[N+]3CCC(C)CC3)c3cc(C)ccc3o2)cc1OC. The maximum atomic E-state index is 6.31. The number of hydrogen-bond donors (Lipinski definition) is 0. The lowest BCUT2D eigenvalue weighted by Crippen LogP contribution is -2.37. The Bertz CT molecular complexity index is 1070. The van der Waals surface area contributed by atoms with Crippen LogP contribution in [0.15, 0.2) is 46.9 Å². The van der Waals surface area contributed by atoms with E-state index in [1.54, 1.807) is 14.2 Å². The maximum Gasteiger partial charge on any atom is 0.214 e. The van der Waals surface area contributed by atoms with Crippen molar-refractivity contribution in [3.63, 3.8) is 0 Å². The van der Waals surface area contributed by atoms with Crippen LogP contribution in [0.25, 0.3) is 22.3 Å². The highest BCUT2D eigenvalue weighted by Gasteiger charge is 2.20. The molecule has 0 atom stereocenters. The van der Waals surface area contributed by atoms with Gasteiger partial charge < -0.3 is 13.9 Å². The van der Waals surface area contributed by atoms with Gasteiger partial charge in [-0.05, 0) is 43.2 Å². The van der Waals surface area contributed by atoms with Crippen LogP contribution in [0, 0.1) is 12.8 Å². The Kier molecular flexibility index (Phi) is 5.12.